The van der Waals surface area contributed by atoms with E-state index in [9.17, 15) is 14.4 Å². The van der Waals surface area contributed by atoms with Gasteiger partial charge in [-0.2, -0.15) is 0 Å². The molecule has 0 radical (unpaired) electrons. The smallest absolute Gasteiger partial charge is 0.324 e. The van der Waals surface area contributed by atoms with Crippen LogP contribution in [0.1, 0.15) is 143 Å². The van der Waals surface area contributed by atoms with E-state index < -0.39 is 6.04 Å². The average Bonchev–Trinajstić information content (AvgIpc) is 3.35. The van der Waals surface area contributed by atoms with Crippen molar-refractivity contribution in [1.29, 1.82) is 0 Å². The summed E-state index contributed by atoms with van der Waals surface area (Å²) in [5.41, 5.74) is 1.26. The fourth-order valence-corrected chi connectivity index (χ4v) is 11.0. The van der Waals surface area contributed by atoms with Gasteiger partial charge in [0.1, 0.15) is 6.04 Å². The Morgan fingerprint density at radius 3 is 2.24 bits per heavy atom. The second-order valence-electron chi connectivity index (χ2n) is 15.7. The minimum absolute atomic E-state index is 0.0756. The number of imide groups is 1. The molecular weight excluding hydrogens is 522 g/mol. The van der Waals surface area contributed by atoms with Crippen LogP contribution < -0.4 is 10.6 Å². The summed E-state index contributed by atoms with van der Waals surface area (Å²) < 4.78 is 0. The monoisotopic (exact) mass is 579 g/mol. The Hall–Kier alpha value is -1.85. The van der Waals surface area contributed by atoms with Crippen LogP contribution in [0, 0.1) is 34.5 Å². The second-order valence-corrected chi connectivity index (χ2v) is 15.7. The number of nitrogens with one attached hydrogen (secondary N) is 2. The first-order chi connectivity index (χ1) is 20.2. The number of amides is 4. The summed E-state index contributed by atoms with van der Waals surface area (Å²) in [7, 11) is 0. The van der Waals surface area contributed by atoms with Crippen molar-refractivity contribution in [2.75, 3.05) is 0 Å². The van der Waals surface area contributed by atoms with Gasteiger partial charge in [-0.05, 0) is 107 Å². The lowest BCUT2D eigenvalue weighted by Gasteiger charge is -2.60. The number of rotatable bonds is 5. The van der Waals surface area contributed by atoms with Gasteiger partial charge in [-0.25, -0.2) is 4.79 Å². The Bertz CT molecular complexity index is 1060. The molecule has 0 aromatic carbocycles. The number of hydrogen-bond donors (Lipinski definition) is 2. The Morgan fingerprint density at radius 2 is 1.50 bits per heavy atom. The van der Waals surface area contributed by atoms with E-state index in [0.29, 0.717) is 17.3 Å². The van der Waals surface area contributed by atoms with E-state index in [4.69, 9.17) is 0 Å². The summed E-state index contributed by atoms with van der Waals surface area (Å²) in [6, 6.07) is -0.907. The van der Waals surface area contributed by atoms with Crippen LogP contribution in [0.15, 0.2) is 11.6 Å². The Kier molecular flexibility index (Phi) is 8.82. The topological polar surface area (TPSA) is 78.5 Å². The van der Waals surface area contributed by atoms with Crippen LogP contribution >= 0.6 is 0 Å². The van der Waals surface area contributed by atoms with E-state index in [2.05, 4.69) is 30.6 Å². The lowest BCUT2D eigenvalue weighted by atomic mass is 9.45. The highest BCUT2D eigenvalue weighted by molar-refractivity contribution is 6.02. The van der Waals surface area contributed by atoms with Crippen molar-refractivity contribution in [2.45, 2.75) is 161 Å². The van der Waals surface area contributed by atoms with E-state index in [1.54, 1.807) is 6.92 Å². The van der Waals surface area contributed by atoms with Crippen molar-refractivity contribution in [2.24, 2.45) is 34.5 Å². The van der Waals surface area contributed by atoms with Gasteiger partial charge in [-0.15, -0.1) is 0 Å². The van der Waals surface area contributed by atoms with E-state index in [1.807, 2.05) is 0 Å². The fourth-order valence-electron chi connectivity index (χ4n) is 11.0. The molecule has 42 heavy (non-hydrogen) atoms. The van der Waals surface area contributed by atoms with Crippen LogP contribution in [-0.2, 0) is 9.59 Å². The lowest BCUT2D eigenvalue weighted by molar-refractivity contribution is -0.135. The highest BCUT2D eigenvalue weighted by atomic mass is 16.2. The highest BCUT2D eigenvalue weighted by Crippen LogP contribution is 2.66. The maximum Gasteiger partial charge on any atom is 0.324 e. The molecule has 234 valence electrons. The third kappa shape index (κ3) is 5.47. The zero-order valence-corrected chi connectivity index (χ0v) is 26.7. The zero-order valence-electron chi connectivity index (χ0n) is 26.7. The van der Waals surface area contributed by atoms with E-state index in [1.165, 1.54) is 56.3 Å². The van der Waals surface area contributed by atoms with Crippen molar-refractivity contribution in [3.8, 4) is 0 Å². The maximum absolute atomic E-state index is 13.9. The number of carbonyl (C=O) groups is 3. The molecule has 0 aromatic heterocycles. The Morgan fingerprint density at radius 1 is 0.810 bits per heavy atom. The third-order valence-electron chi connectivity index (χ3n) is 13.5. The Labute approximate surface area is 254 Å². The molecule has 0 spiro atoms. The van der Waals surface area contributed by atoms with Crippen molar-refractivity contribution in [3.05, 3.63) is 11.6 Å². The molecule has 7 atom stereocenters. The van der Waals surface area contributed by atoms with E-state index in [-0.39, 0.29) is 35.3 Å². The van der Waals surface area contributed by atoms with Crippen LogP contribution in [0.25, 0.3) is 0 Å². The molecule has 6 heteroatoms. The molecule has 0 aliphatic heterocycles. The number of nitrogens with zero attached hydrogens (tertiary/aromatic N) is 1. The van der Waals surface area contributed by atoms with Crippen LogP contribution in [0.3, 0.4) is 0 Å². The van der Waals surface area contributed by atoms with E-state index >= 15 is 0 Å². The van der Waals surface area contributed by atoms with Gasteiger partial charge in [0.25, 0.3) is 5.91 Å². The molecule has 5 saturated carbocycles. The quantitative estimate of drug-likeness (QED) is 0.351. The van der Waals surface area contributed by atoms with Gasteiger partial charge in [0.2, 0.25) is 5.91 Å². The van der Waals surface area contributed by atoms with Crippen molar-refractivity contribution < 1.29 is 14.4 Å². The first-order valence-corrected chi connectivity index (χ1v) is 17.9. The predicted molar refractivity (Wildman–Crippen MR) is 167 cm³/mol. The standard InChI is InChI=1S/C36H57N3O3/c1-24(33(41)39(27-15-8-5-9-16-27)34(42)38-26-13-6-4-7-14-26)37-32(40)31-20-19-29-28-18-17-25-12-10-11-22-35(25,2)30(28)21-23-36(29,31)3/h20,24-30H,4-19,21-23H2,1-3H3,(H,37,40)(H,38,42)/t24-,25+,28-,29-,30-,35-,36-/m0/s1. The van der Waals surface area contributed by atoms with Gasteiger partial charge in [-0.1, -0.05) is 71.3 Å². The minimum Gasteiger partial charge on any atom is -0.341 e. The molecule has 0 unspecified atom stereocenters. The molecule has 0 aromatic rings. The number of fused-ring (bicyclic) bond motifs is 5. The molecule has 0 saturated heterocycles. The largest absolute Gasteiger partial charge is 0.341 e. The lowest BCUT2D eigenvalue weighted by Crippen LogP contribution is -2.58. The van der Waals surface area contributed by atoms with Gasteiger partial charge >= 0.3 is 6.03 Å². The number of carbonyl (C=O) groups excluding carboxylic acids is 3. The number of allylic oxidation sites excluding steroid dienone is 1. The number of hydrogen-bond acceptors (Lipinski definition) is 3. The first kappa shape index (κ1) is 30.2. The van der Waals surface area contributed by atoms with Crippen LogP contribution in [0.4, 0.5) is 4.79 Å². The summed E-state index contributed by atoms with van der Waals surface area (Å²) in [4.78, 5) is 42.9. The fraction of sp³-hybridized carbons (Fsp3) is 0.861. The molecule has 0 bridgehead atoms. The Balaban J connectivity index is 1.13. The van der Waals surface area contributed by atoms with Gasteiger partial charge in [0.05, 0.1) is 0 Å². The minimum atomic E-state index is -0.729. The average molecular weight is 580 g/mol. The summed E-state index contributed by atoms with van der Waals surface area (Å²) in [6.07, 6.45) is 24.2. The molecule has 6 aliphatic carbocycles. The maximum atomic E-state index is 13.9. The normalized spacial score (nSPS) is 37.8. The molecular formula is C36H57N3O3. The van der Waals surface area contributed by atoms with E-state index in [0.717, 1.165) is 88.0 Å². The van der Waals surface area contributed by atoms with Gasteiger partial charge in [0.15, 0.2) is 0 Å². The summed E-state index contributed by atoms with van der Waals surface area (Å²) in [5.74, 6) is 2.57. The summed E-state index contributed by atoms with van der Waals surface area (Å²) in [5, 5.41) is 6.30. The van der Waals surface area contributed by atoms with Crippen molar-refractivity contribution in [1.82, 2.24) is 15.5 Å². The molecule has 0 heterocycles. The number of urea groups is 1. The summed E-state index contributed by atoms with van der Waals surface area (Å²) in [6.45, 7) is 6.71. The highest BCUT2D eigenvalue weighted by Gasteiger charge is 2.58. The molecule has 5 fully saturated rings. The molecule has 6 nitrogen and oxygen atoms in total. The third-order valence-corrected chi connectivity index (χ3v) is 13.5. The van der Waals surface area contributed by atoms with Crippen LogP contribution in [0.5, 0.6) is 0 Å². The molecule has 6 aliphatic rings. The van der Waals surface area contributed by atoms with Gasteiger partial charge in [-0.3, -0.25) is 14.5 Å². The zero-order chi connectivity index (χ0) is 29.5. The molecule has 6 rings (SSSR count). The van der Waals surface area contributed by atoms with Crippen LogP contribution in [0.2, 0.25) is 0 Å². The molecule has 2 N–H and O–H groups in total. The SMILES string of the molecule is C[C@H](NC(=O)C1=CC[C@H]2[C@@H]3CC[C@H]4CCCC[C@]4(C)[C@H]3CC[C@]12C)C(=O)N(C(=O)NC1CCCCC1)C1CCCCC1. The van der Waals surface area contributed by atoms with Gasteiger partial charge in [0, 0.05) is 23.1 Å². The second kappa shape index (κ2) is 12.3. The predicted octanol–water partition coefficient (Wildman–Crippen LogP) is 7.66. The molecule has 4 amide bonds. The van der Waals surface area contributed by atoms with Crippen molar-refractivity contribution in [3.63, 3.8) is 0 Å². The van der Waals surface area contributed by atoms with Crippen LogP contribution in [-0.4, -0.2) is 40.9 Å². The summed E-state index contributed by atoms with van der Waals surface area (Å²) >= 11 is 0. The van der Waals surface area contributed by atoms with Gasteiger partial charge < -0.3 is 10.6 Å². The first-order valence-electron chi connectivity index (χ1n) is 17.9. The van der Waals surface area contributed by atoms with Crippen molar-refractivity contribution >= 4 is 17.8 Å².